The lowest BCUT2D eigenvalue weighted by Crippen LogP contribution is -2.36. The topological polar surface area (TPSA) is 12.5 Å². The van der Waals surface area contributed by atoms with Crippen LogP contribution in [0.4, 0.5) is 0 Å². The number of nitrogens with zero attached hydrogens (tertiary/aromatic N) is 1. The van der Waals surface area contributed by atoms with Crippen molar-refractivity contribution in [3.63, 3.8) is 0 Å². The predicted octanol–water partition coefficient (Wildman–Crippen LogP) is 4.21. The van der Waals surface area contributed by atoms with Crippen LogP contribution in [-0.4, -0.2) is 31.2 Å². The molecule has 0 bridgehead atoms. The number of hydrogen-bond donors (Lipinski definition) is 0. The van der Waals surface area contributed by atoms with E-state index in [9.17, 15) is 0 Å². The van der Waals surface area contributed by atoms with Gasteiger partial charge >= 0.3 is 0 Å². The van der Waals surface area contributed by atoms with Crippen LogP contribution in [-0.2, 0) is 11.3 Å². The van der Waals surface area contributed by atoms with E-state index >= 15 is 0 Å². The van der Waals surface area contributed by atoms with E-state index in [4.69, 9.17) is 4.74 Å². The van der Waals surface area contributed by atoms with Crippen molar-refractivity contribution in [3.05, 3.63) is 46.4 Å². The van der Waals surface area contributed by atoms with Gasteiger partial charge in [-0.25, -0.2) is 0 Å². The number of methoxy groups -OCH3 is 1. The molecule has 20 heavy (non-hydrogen) atoms. The van der Waals surface area contributed by atoms with E-state index in [1.54, 1.807) is 0 Å². The molecule has 2 nitrogen and oxygen atoms in total. The Kier molecular flexibility index (Phi) is 4.39. The molecular weight excluding hydrogens is 314 g/mol. The molecule has 0 aliphatic carbocycles. The van der Waals surface area contributed by atoms with Crippen LogP contribution in [0.1, 0.15) is 18.4 Å². The van der Waals surface area contributed by atoms with E-state index in [1.807, 2.05) is 7.11 Å². The lowest BCUT2D eigenvalue weighted by Gasteiger charge is -2.31. The highest BCUT2D eigenvalue weighted by molar-refractivity contribution is 9.10. The third-order valence-electron chi connectivity index (χ3n) is 4.17. The summed E-state index contributed by atoms with van der Waals surface area (Å²) in [5.74, 6) is 0. The average molecular weight is 334 g/mol. The molecule has 1 aliphatic heterocycles. The number of halogens is 1. The van der Waals surface area contributed by atoms with Crippen LogP contribution >= 0.6 is 15.9 Å². The van der Waals surface area contributed by atoms with Crippen molar-refractivity contribution < 1.29 is 4.74 Å². The first-order valence-corrected chi connectivity index (χ1v) is 7.98. The maximum atomic E-state index is 5.43. The van der Waals surface area contributed by atoms with E-state index in [1.165, 1.54) is 20.8 Å². The quantitative estimate of drug-likeness (QED) is 0.834. The fraction of sp³-hybridized carbons (Fsp3) is 0.412. The number of piperidine rings is 1. The van der Waals surface area contributed by atoms with Crippen molar-refractivity contribution in [2.45, 2.75) is 25.5 Å². The molecule has 1 fully saturated rings. The Morgan fingerprint density at radius 1 is 1.20 bits per heavy atom. The maximum absolute atomic E-state index is 5.43. The maximum Gasteiger partial charge on any atom is 0.0595 e. The zero-order valence-corrected chi connectivity index (χ0v) is 13.4. The molecule has 0 aromatic heterocycles. The van der Waals surface area contributed by atoms with Gasteiger partial charge in [-0.3, -0.25) is 4.90 Å². The van der Waals surface area contributed by atoms with Crippen LogP contribution in [0.2, 0.25) is 0 Å². The van der Waals surface area contributed by atoms with Gasteiger partial charge in [0, 0.05) is 31.2 Å². The Labute approximate surface area is 128 Å². The van der Waals surface area contributed by atoms with Crippen molar-refractivity contribution >= 4 is 26.7 Å². The molecular formula is C17H20BrNO. The molecule has 1 aliphatic rings. The van der Waals surface area contributed by atoms with Gasteiger partial charge in [-0.1, -0.05) is 40.2 Å². The molecule has 0 N–H and O–H groups in total. The van der Waals surface area contributed by atoms with Crippen LogP contribution in [0.5, 0.6) is 0 Å². The number of hydrogen-bond acceptors (Lipinski definition) is 2. The molecule has 2 aromatic rings. The first-order chi connectivity index (χ1) is 9.76. The smallest absolute Gasteiger partial charge is 0.0595 e. The van der Waals surface area contributed by atoms with Crippen LogP contribution in [0.25, 0.3) is 10.8 Å². The van der Waals surface area contributed by atoms with Crippen molar-refractivity contribution in [1.29, 1.82) is 0 Å². The average Bonchev–Trinajstić information content (AvgIpc) is 2.48. The van der Waals surface area contributed by atoms with Crippen LogP contribution in [0, 0.1) is 0 Å². The minimum absolute atomic E-state index is 0.457. The van der Waals surface area contributed by atoms with E-state index in [0.717, 1.165) is 32.5 Å². The Bertz CT molecular complexity index is 591. The molecule has 1 heterocycles. The van der Waals surface area contributed by atoms with Gasteiger partial charge in [-0.15, -0.1) is 0 Å². The second kappa shape index (κ2) is 6.25. The number of likely N-dealkylation sites (tertiary alicyclic amines) is 1. The Morgan fingerprint density at radius 2 is 2.00 bits per heavy atom. The van der Waals surface area contributed by atoms with E-state index in [-0.39, 0.29) is 0 Å². The number of fused-ring (bicyclic) bond motifs is 1. The second-order valence-corrected chi connectivity index (χ2v) is 6.36. The molecule has 1 saturated heterocycles. The first kappa shape index (κ1) is 14.1. The molecule has 0 amide bonds. The molecule has 2 aromatic carbocycles. The Hall–Kier alpha value is -0.900. The fourth-order valence-corrected chi connectivity index (χ4v) is 3.47. The van der Waals surface area contributed by atoms with Gasteiger partial charge in [0.05, 0.1) is 6.10 Å². The van der Waals surface area contributed by atoms with Crippen LogP contribution < -0.4 is 0 Å². The lowest BCUT2D eigenvalue weighted by molar-refractivity contribution is 0.0389. The highest BCUT2D eigenvalue weighted by atomic mass is 79.9. The van der Waals surface area contributed by atoms with E-state index in [0.29, 0.717) is 6.10 Å². The van der Waals surface area contributed by atoms with Crippen molar-refractivity contribution in [2.75, 3.05) is 20.2 Å². The highest BCUT2D eigenvalue weighted by Gasteiger charge is 2.18. The van der Waals surface area contributed by atoms with E-state index < -0.39 is 0 Å². The number of ether oxygens (including phenoxy) is 1. The zero-order valence-electron chi connectivity index (χ0n) is 11.8. The molecule has 0 saturated carbocycles. The molecule has 106 valence electrons. The molecule has 0 unspecified atom stereocenters. The predicted molar refractivity (Wildman–Crippen MR) is 87.0 cm³/mol. The van der Waals surface area contributed by atoms with Crippen molar-refractivity contribution in [1.82, 2.24) is 4.90 Å². The fourth-order valence-electron chi connectivity index (χ4n) is 2.95. The van der Waals surface area contributed by atoms with Gasteiger partial charge in [0.15, 0.2) is 0 Å². The van der Waals surface area contributed by atoms with Crippen LogP contribution in [0.15, 0.2) is 40.9 Å². The molecule has 0 spiro atoms. The summed E-state index contributed by atoms with van der Waals surface area (Å²) in [7, 11) is 1.82. The van der Waals surface area contributed by atoms with Crippen molar-refractivity contribution in [3.8, 4) is 0 Å². The number of benzene rings is 2. The van der Waals surface area contributed by atoms with Crippen LogP contribution in [0.3, 0.4) is 0 Å². The third-order valence-corrected chi connectivity index (χ3v) is 4.86. The van der Waals surface area contributed by atoms with Gasteiger partial charge < -0.3 is 4.74 Å². The SMILES string of the molecule is COC1CCN(Cc2ccc3c(Br)cccc3c2)CC1. The summed E-state index contributed by atoms with van der Waals surface area (Å²) in [5, 5.41) is 2.60. The van der Waals surface area contributed by atoms with Gasteiger partial charge in [-0.2, -0.15) is 0 Å². The summed E-state index contributed by atoms with van der Waals surface area (Å²) in [6, 6.07) is 13.1. The molecule has 3 heteroatoms. The van der Waals surface area contributed by atoms with E-state index in [2.05, 4.69) is 57.2 Å². The van der Waals surface area contributed by atoms with Crippen molar-refractivity contribution in [2.24, 2.45) is 0 Å². The highest BCUT2D eigenvalue weighted by Crippen LogP contribution is 2.25. The molecule has 0 radical (unpaired) electrons. The summed E-state index contributed by atoms with van der Waals surface area (Å²) in [5.41, 5.74) is 1.39. The molecule has 0 atom stereocenters. The molecule has 3 rings (SSSR count). The monoisotopic (exact) mass is 333 g/mol. The Morgan fingerprint density at radius 3 is 2.75 bits per heavy atom. The third kappa shape index (κ3) is 3.05. The summed E-state index contributed by atoms with van der Waals surface area (Å²) in [4.78, 5) is 2.52. The summed E-state index contributed by atoms with van der Waals surface area (Å²) >= 11 is 3.61. The second-order valence-electron chi connectivity index (χ2n) is 5.51. The summed E-state index contributed by atoms with van der Waals surface area (Å²) < 4.78 is 6.60. The van der Waals surface area contributed by atoms with Gasteiger partial charge in [0.2, 0.25) is 0 Å². The minimum atomic E-state index is 0.457. The standard InChI is InChI=1S/C17H20BrNO/c1-20-15-7-9-19(10-8-15)12-13-5-6-16-14(11-13)3-2-4-17(16)18/h2-6,11,15H,7-10,12H2,1H3. The first-order valence-electron chi connectivity index (χ1n) is 7.18. The summed E-state index contributed by atoms with van der Waals surface area (Å²) in [6.07, 6.45) is 2.75. The zero-order chi connectivity index (χ0) is 13.9. The Balaban J connectivity index is 1.72. The van der Waals surface area contributed by atoms with Gasteiger partial charge in [0.25, 0.3) is 0 Å². The lowest BCUT2D eigenvalue weighted by atomic mass is 10.0. The largest absolute Gasteiger partial charge is 0.381 e. The summed E-state index contributed by atoms with van der Waals surface area (Å²) in [6.45, 7) is 3.31. The van der Waals surface area contributed by atoms with Gasteiger partial charge in [-0.05, 0) is 41.3 Å². The number of rotatable bonds is 3. The normalized spacial score (nSPS) is 17.7. The minimum Gasteiger partial charge on any atom is -0.381 e. The van der Waals surface area contributed by atoms with Gasteiger partial charge in [0.1, 0.15) is 0 Å².